The molecule has 1 atom stereocenters. The Morgan fingerprint density at radius 3 is 2.58 bits per heavy atom. The highest BCUT2D eigenvalue weighted by molar-refractivity contribution is 5.55. The van der Waals surface area contributed by atoms with E-state index in [2.05, 4.69) is 32.2 Å². The second-order valence-electron chi connectivity index (χ2n) is 7.36. The van der Waals surface area contributed by atoms with Gasteiger partial charge in [0.1, 0.15) is 11.6 Å². The molecule has 26 heavy (non-hydrogen) atoms. The van der Waals surface area contributed by atoms with Gasteiger partial charge in [0.15, 0.2) is 0 Å². The number of nitrogens with one attached hydrogen (secondary N) is 1. The highest BCUT2D eigenvalue weighted by Gasteiger charge is 2.21. The smallest absolute Gasteiger partial charge is 0.128 e. The number of nitrogens with zero attached hydrogens (tertiary/aromatic N) is 3. The number of rotatable bonds is 4. The van der Waals surface area contributed by atoms with Crippen molar-refractivity contribution in [2.45, 2.75) is 38.1 Å². The van der Waals surface area contributed by atoms with Crippen LogP contribution in [-0.2, 0) is 0 Å². The van der Waals surface area contributed by atoms with Crippen molar-refractivity contribution >= 4 is 17.2 Å². The summed E-state index contributed by atoms with van der Waals surface area (Å²) in [6.07, 6.45) is 8.00. The minimum absolute atomic E-state index is 0.173. The molecular weight excluding hydrogens is 327 g/mol. The van der Waals surface area contributed by atoms with Crippen LogP contribution in [-0.4, -0.2) is 37.2 Å². The first-order valence-corrected chi connectivity index (χ1v) is 9.76. The molecule has 2 fully saturated rings. The Morgan fingerprint density at radius 2 is 1.73 bits per heavy atom. The third kappa shape index (κ3) is 4.09. The van der Waals surface area contributed by atoms with Crippen LogP contribution in [0.4, 0.5) is 21.6 Å². The van der Waals surface area contributed by atoms with Gasteiger partial charge in [-0.25, -0.2) is 9.37 Å². The highest BCUT2D eigenvalue weighted by atomic mass is 19.1. The lowest BCUT2D eigenvalue weighted by atomic mass is 10.0. The van der Waals surface area contributed by atoms with Gasteiger partial charge in [0.25, 0.3) is 0 Å². The number of benzene rings is 1. The molecule has 0 spiro atoms. The van der Waals surface area contributed by atoms with Crippen LogP contribution in [0.1, 0.15) is 32.1 Å². The van der Waals surface area contributed by atoms with E-state index in [-0.39, 0.29) is 5.82 Å². The summed E-state index contributed by atoms with van der Waals surface area (Å²) in [5, 5.41) is 3.60. The number of piperidine rings is 2. The fraction of sp³-hybridized carbons (Fsp3) is 0.476. The molecule has 0 saturated carbocycles. The fourth-order valence-corrected chi connectivity index (χ4v) is 4.06. The monoisotopic (exact) mass is 354 g/mol. The zero-order chi connectivity index (χ0) is 17.8. The average molecular weight is 354 g/mol. The third-order valence-electron chi connectivity index (χ3n) is 5.41. The van der Waals surface area contributed by atoms with E-state index in [4.69, 9.17) is 0 Å². The van der Waals surface area contributed by atoms with E-state index in [1.54, 1.807) is 12.1 Å². The predicted octanol–water partition coefficient (Wildman–Crippen LogP) is 4.29. The normalized spacial score (nSPS) is 20.9. The van der Waals surface area contributed by atoms with Crippen LogP contribution in [0, 0.1) is 5.82 Å². The Morgan fingerprint density at radius 1 is 0.923 bits per heavy atom. The minimum atomic E-state index is -0.173. The molecule has 2 aliphatic heterocycles. The molecule has 1 unspecified atom stereocenters. The van der Waals surface area contributed by atoms with Crippen molar-refractivity contribution in [1.82, 2.24) is 4.98 Å². The third-order valence-corrected chi connectivity index (χ3v) is 5.41. The largest absolute Gasteiger partial charge is 0.371 e. The number of hydrogen-bond donors (Lipinski definition) is 1. The maximum Gasteiger partial charge on any atom is 0.128 e. The Bertz CT molecular complexity index is 729. The molecule has 2 aliphatic rings. The first-order valence-electron chi connectivity index (χ1n) is 9.76. The van der Waals surface area contributed by atoms with Crippen molar-refractivity contribution in [3.05, 3.63) is 48.4 Å². The number of anilines is 3. The molecule has 4 nitrogen and oxygen atoms in total. The first kappa shape index (κ1) is 17.1. The molecule has 3 heterocycles. The summed E-state index contributed by atoms with van der Waals surface area (Å²) in [5.41, 5.74) is 2.23. The van der Waals surface area contributed by atoms with E-state index in [1.807, 2.05) is 12.3 Å². The van der Waals surface area contributed by atoms with Crippen LogP contribution in [0.2, 0.25) is 0 Å². The van der Waals surface area contributed by atoms with Crippen LogP contribution >= 0.6 is 0 Å². The SMILES string of the molecule is Fc1cccc(N2CCCC(Nc3cc(N4CCCCC4)ccn3)C2)c1. The molecule has 0 amide bonds. The second kappa shape index (κ2) is 7.94. The van der Waals surface area contributed by atoms with Gasteiger partial charge in [0, 0.05) is 55.9 Å². The lowest BCUT2D eigenvalue weighted by Crippen LogP contribution is -2.42. The van der Waals surface area contributed by atoms with Gasteiger partial charge < -0.3 is 15.1 Å². The summed E-state index contributed by atoms with van der Waals surface area (Å²) in [4.78, 5) is 9.24. The van der Waals surface area contributed by atoms with Gasteiger partial charge in [-0.3, -0.25) is 0 Å². The Hall–Kier alpha value is -2.30. The molecular formula is C21H27FN4. The molecule has 0 aliphatic carbocycles. The number of hydrogen-bond acceptors (Lipinski definition) is 4. The van der Waals surface area contributed by atoms with Crippen LogP contribution in [0.15, 0.2) is 42.6 Å². The van der Waals surface area contributed by atoms with Gasteiger partial charge >= 0.3 is 0 Å². The molecule has 1 aromatic carbocycles. The number of halogens is 1. The van der Waals surface area contributed by atoms with E-state index in [0.29, 0.717) is 6.04 Å². The second-order valence-corrected chi connectivity index (χ2v) is 7.36. The average Bonchev–Trinajstić information content (AvgIpc) is 2.69. The van der Waals surface area contributed by atoms with Gasteiger partial charge in [-0.1, -0.05) is 6.07 Å². The Kier molecular flexibility index (Phi) is 5.23. The zero-order valence-electron chi connectivity index (χ0n) is 15.2. The standard InChI is InChI=1S/C21H27FN4/c22-17-6-4-8-19(14-17)26-13-5-7-18(16-26)24-21-15-20(9-10-23-21)25-11-2-1-3-12-25/h4,6,8-10,14-15,18H,1-3,5,7,11-13,16H2,(H,23,24). The summed E-state index contributed by atoms with van der Waals surface area (Å²) in [6.45, 7) is 4.13. The summed E-state index contributed by atoms with van der Waals surface area (Å²) in [6, 6.07) is 11.5. The van der Waals surface area contributed by atoms with Crippen LogP contribution in [0.3, 0.4) is 0 Å². The van der Waals surface area contributed by atoms with Crippen molar-refractivity contribution in [2.75, 3.05) is 41.3 Å². The van der Waals surface area contributed by atoms with E-state index >= 15 is 0 Å². The highest BCUT2D eigenvalue weighted by Crippen LogP contribution is 2.25. The molecule has 4 rings (SSSR count). The molecule has 1 aromatic heterocycles. The van der Waals surface area contributed by atoms with Crippen LogP contribution in [0.5, 0.6) is 0 Å². The maximum atomic E-state index is 13.5. The van der Waals surface area contributed by atoms with Gasteiger partial charge in [0.05, 0.1) is 0 Å². The molecule has 5 heteroatoms. The first-order chi connectivity index (χ1) is 12.8. The minimum Gasteiger partial charge on any atom is -0.371 e. The predicted molar refractivity (Wildman–Crippen MR) is 106 cm³/mol. The molecule has 0 bridgehead atoms. The number of pyridine rings is 1. The van der Waals surface area contributed by atoms with E-state index < -0.39 is 0 Å². The van der Waals surface area contributed by atoms with E-state index in [1.165, 1.54) is 31.0 Å². The zero-order valence-corrected chi connectivity index (χ0v) is 15.2. The van der Waals surface area contributed by atoms with E-state index in [0.717, 1.165) is 50.5 Å². The van der Waals surface area contributed by atoms with Crippen LogP contribution in [0.25, 0.3) is 0 Å². The van der Waals surface area contributed by atoms with Crippen molar-refractivity contribution in [3.8, 4) is 0 Å². The Labute approximate surface area is 155 Å². The van der Waals surface area contributed by atoms with Gasteiger partial charge in [-0.05, 0) is 56.4 Å². The van der Waals surface area contributed by atoms with Gasteiger partial charge in [-0.15, -0.1) is 0 Å². The van der Waals surface area contributed by atoms with Crippen molar-refractivity contribution in [3.63, 3.8) is 0 Å². The number of aromatic nitrogens is 1. The van der Waals surface area contributed by atoms with Crippen molar-refractivity contribution < 1.29 is 4.39 Å². The molecule has 0 radical (unpaired) electrons. The fourth-order valence-electron chi connectivity index (χ4n) is 4.06. The maximum absolute atomic E-state index is 13.5. The van der Waals surface area contributed by atoms with Gasteiger partial charge in [-0.2, -0.15) is 0 Å². The van der Waals surface area contributed by atoms with E-state index in [9.17, 15) is 4.39 Å². The summed E-state index contributed by atoms with van der Waals surface area (Å²) < 4.78 is 13.5. The van der Waals surface area contributed by atoms with Crippen LogP contribution < -0.4 is 15.1 Å². The molecule has 2 saturated heterocycles. The lowest BCUT2D eigenvalue weighted by molar-refractivity contribution is 0.527. The summed E-state index contributed by atoms with van der Waals surface area (Å²) in [7, 11) is 0. The van der Waals surface area contributed by atoms with Crippen molar-refractivity contribution in [1.29, 1.82) is 0 Å². The molecule has 1 N–H and O–H groups in total. The van der Waals surface area contributed by atoms with Crippen molar-refractivity contribution in [2.24, 2.45) is 0 Å². The summed E-state index contributed by atoms with van der Waals surface area (Å²) in [5.74, 6) is 0.771. The molecule has 138 valence electrons. The quantitative estimate of drug-likeness (QED) is 0.887. The molecule has 2 aromatic rings. The summed E-state index contributed by atoms with van der Waals surface area (Å²) >= 11 is 0. The Balaban J connectivity index is 1.42. The lowest BCUT2D eigenvalue weighted by Gasteiger charge is -2.35. The topological polar surface area (TPSA) is 31.4 Å². The van der Waals surface area contributed by atoms with Gasteiger partial charge in [0.2, 0.25) is 0 Å².